The maximum absolute atomic E-state index is 13.5. The van der Waals surface area contributed by atoms with Crippen molar-refractivity contribution in [2.45, 2.75) is 78.6 Å². The molecule has 0 amide bonds. The van der Waals surface area contributed by atoms with E-state index in [0.717, 1.165) is 41.6 Å². The Balaban J connectivity index is 1.40. The molecule has 1 aromatic carbocycles. The second kappa shape index (κ2) is 7.11. The fourth-order valence-electron chi connectivity index (χ4n) is 8.75. The van der Waals surface area contributed by atoms with Gasteiger partial charge in [-0.25, -0.2) is 0 Å². The minimum atomic E-state index is 0.184. The Morgan fingerprint density at radius 1 is 0.966 bits per heavy atom. The van der Waals surface area contributed by atoms with Crippen LogP contribution in [-0.4, -0.2) is 5.78 Å². The number of benzene rings is 1. The number of fused-ring (bicyclic) bond motifs is 5. The number of Topliss-reactive ketones (excluding diaryl/α,β-unsaturated/α-hetero) is 1. The lowest BCUT2D eigenvalue weighted by atomic mass is 9.44. The van der Waals surface area contributed by atoms with Crippen LogP contribution in [0.1, 0.15) is 88.9 Å². The van der Waals surface area contributed by atoms with Crippen molar-refractivity contribution in [3.05, 3.63) is 34.9 Å². The molecule has 2 heteroatoms. The number of carbonyl (C=O) groups is 1. The zero-order valence-electron chi connectivity index (χ0n) is 18.4. The summed E-state index contributed by atoms with van der Waals surface area (Å²) in [5, 5.41) is 0.678. The van der Waals surface area contributed by atoms with Crippen LogP contribution in [-0.2, 0) is 0 Å². The average Bonchev–Trinajstić information content (AvgIpc) is 3.05. The highest BCUT2D eigenvalue weighted by Gasteiger charge is 2.61. The molecule has 158 valence electrons. The van der Waals surface area contributed by atoms with Gasteiger partial charge in [-0.2, -0.15) is 0 Å². The third-order valence-electron chi connectivity index (χ3n) is 10.4. The zero-order valence-corrected chi connectivity index (χ0v) is 19.2. The molecule has 0 aromatic heterocycles. The Bertz CT molecular complexity index is 801. The summed E-state index contributed by atoms with van der Waals surface area (Å²) in [6, 6.07) is 7.63. The molecule has 4 aliphatic carbocycles. The highest BCUT2D eigenvalue weighted by molar-refractivity contribution is 6.31. The van der Waals surface area contributed by atoms with E-state index in [2.05, 4.69) is 20.8 Å². The second-order valence-corrected chi connectivity index (χ2v) is 12.0. The highest BCUT2D eigenvalue weighted by atomic mass is 35.5. The van der Waals surface area contributed by atoms with Crippen LogP contribution >= 0.6 is 11.6 Å². The number of rotatable bonds is 2. The van der Waals surface area contributed by atoms with Crippen LogP contribution in [0, 0.1) is 46.3 Å². The van der Waals surface area contributed by atoms with Crippen LogP contribution in [0.15, 0.2) is 24.3 Å². The molecule has 5 rings (SSSR count). The van der Waals surface area contributed by atoms with Gasteiger partial charge in [0.1, 0.15) is 0 Å². The van der Waals surface area contributed by atoms with E-state index in [0.29, 0.717) is 16.2 Å². The van der Waals surface area contributed by atoms with Gasteiger partial charge in [-0.3, -0.25) is 4.79 Å². The molecule has 4 saturated carbocycles. The molecule has 4 aliphatic rings. The topological polar surface area (TPSA) is 17.1 Å². The van der Waals surface area contributed by atoms with E-state index in [1.807, 2.05) is 24.3 Å². The Morgan fingerprint density at radius 2 is 1.72 bits per heavy atom. The Labute approximate surface area is 182 Å². The number of hydrogen-bond acceptors (Lipinski definition) is 1. The lowest BCUT2D eigenvalue weighted by molar-refractivity contribution is -0.114. The standard InChI is InChI=1S/C27H37ClO/c1-17-11-13-26(2)19(15-17)7-8-21-22-9-10-24(27(22,3)14-12-23(21)26)25(29)18-5-4-6-20(28)16-18/h4-6,16-17,19,21-24H,7-15H2,1-3H3/t17?,19?,21?,22?,23?,24-,26?,27?/m1/s1. The van der Waals surface area contributed by atoms with Gasteiger partial charge in [-0.1, -0.05) is 50.9 Å². The first-order chi connectivity index (χ1) is 13.8. The molecule has 29 heavy (non-hydrogen) atoms. The lowest BCUT2D eigenvalue weighted by Crippen LogP contribution is -2.53. The largest absolute Gasteiger partial charge is 0.294 e. The highest BCUT2D eigenvalue weighted by Crippen LogP contribution is 2.68. The smallest absolute Gasteiger partial charge is 0.166 e. The maximum Gasteiger partial charge on any atom is 0.166 e. The Hall–Kier alpha value is -0.820. The first kappa shape index (κ1) is 20.1. The van der Waals surface area contributed by atoms with E-state index in [4.69, 9.17) is 11.6 Å². The van der Waals surface area contributed by atoms with Crippen LogP contribution in [0.4, 0.5) is 0 Å². The van der Waals surface area contributed by atoms with Gasteiger partial charge < -0.3 is 0 Å². The van der Waals surface area contributed by atoms with Crippen LogP contribution in [0.3, 0.4) is 0 Å². The fraction of sp³-hybridized carbons (Fsp3) is 0.741. The summed E-state index contributed by atoms with van der Waals surface area (Å²) >= 11 is 6.20. The predicted octanol–water partition coefficient (Wildman–Crippen LogP) is 7.82. The summed E-state index contributed by atoms with van der Waals surface area (Å²) in [5.41, 5.74) is 1.57. The Morgan fingerprint density at radius 3 is 2.52 bits per heavy atom. The van der Waals surface area contributed by atoms with Gasteiger partial charge in [0.2, 0.25) is 0 Å². The molecule has 7 unspecified atom stereocenters. The third kappa shape index (κ3) is 3.05. The molecule has 0 spiro atoms. The summed E-state index contributed by atoms with van der Waals surface area (Å²) < 4.78 is 0. The minimum absolute atomic E-state index is 0.184. The maximum atomic E-state index is 13.5. The molecular formula is C27H37ClO. The van der Waals surface area contributed by atoms with Crippen molar-refractivity contribution in [1.82, 2.24) is 0 Å². The average molecular weight is 413 g/mol. The van der Waals surface area contributed by atoms with Crippen molar-refractivity contribution in [1.29, 1.82) is 0 Å². The minimum Gasteiger partial charge on any atom is -0.294 e. The number of ketones is 1. The van der Waals surface area contributed by atoms with Gasteiger partial charge in [0.25, 0.3) is 0 Å². The molecule has 0 saturated heterocycles. The number of halogens is 1. The van der Waals surface area contributed by atoms with E-state index >= 15 is 0 Å². The molecule has 1 nitrogen and oxygen atoms in total. The summed E-state index contributed by atoms with van der Waals surface area (Å²) in [4.78, 5) is 13.5. The van der Waals surface area contributed by atoms with Gasteiger partial charge in [-0.05, 0) is 104 Å². The molecule has 0 bridgehead atoms. The van der Waals surface area contributed by atoms with Crippen molar-refractivity contribution >= 4 is 17.4 Å². The summed E-state index contributed by atoms with van der Waals surface area (Å²) in [7, 11) is 0. The van der Waals surface area contributed by atoms with E-state index in [1.54, 1.807) is 0 Å². The van der Waals surface area contributed by atoms with Gasteiger partial charge in [0.15, 0.2) is 5.78 Å². The molecule has 0 aliphatic heterocycles. The molecule has 0 radical (unpaired) electrons. The molecule has 1 aromatic rings. The van der Waals surface area contributed by atoms with Gasteiger partial charge >= 0.3 is 0 Å². The normalized spacial score (nSPS) is 46.5. The van der Waals surface area contributed by atoms with Crippen LogP contribution in [0.5, 0.6) is 0 Å². The lowest BCUT2D eigenvalue weighted by Gasteiger charge is -2.61. The van der Waals surface area contributed by atoms with E-state index in [1.165, 1.54) is 51.4 Å². The third-order valence-corrected chi connectivity index (χ3v) is 10.6. The van der Waals surface area contributed by atoms with E-state index < -0.39 is 0 Å². The second-order valence-electron chi connectivity index (χ2n) is 11.6. The van der Waals surface area contributed by atoms with Crippen molar-refractivity contribution in [3.63, 3.8) is 0 Å². The Kier molecular flexibility index (Phi) is 4.93. The van der Waals surface area contributed by atoms with E-state index in [-0.39, 0.29) is 11.3 Å². The number of hydrogen-bond donors (Lipinski definition) is 0. The zero-order chi connectivity index (χ0) is 20.4. The molecular weight excluding hydrogens is 376 g/mol. The first-order valence-corrected chi connectivity index (χ1v) is 12.5. The van der Waals surface area contributed by atoms with Crippen molar-refractivity contribution in [2.24, 2.45) is 46.3 Å². The van der Waals surface area contributed by atoms with E-state index in [9.17, 15) is 4.79 Å². The number of carbonyl (C=O) groups excluding carboxylic acids is 1. The first-order valence-electron chi connectivity index (χ1n) is 12.1. The predicted molar refractivity (Wildman–Crippen MR) is 120 cm³/mol. The summed E-state index contributed by atoms with van der Waals surface area (Å²) in [5.74, 6) is 4.89. The summed E-state index contributed by atoms with van der Waals surface area (Å²) in [6.07, 6.45) is 12.1. The van der Waals surface area contributed by atoms with Crippen LogP contribution < -0.4 is 0 Å². The van der Waals surface area contributed by atoms with Crippen molar-refractivity contribution in [3.8, 4) is 0 Å². The van der Waals surface area contributed by atoms with Crippen molar-refractivity contribution in [2.75, 3.05) is 0 Å². The quantitative estimate of drug-likeness (QED) is 0.452. The monoisotopic (exact) mass is 412 g/mol. The van der Waals surface area contributed by atoms with Gasteiger partial charge in [0.05, 0.1) is 0 Å². The SMILES string of the molecule is CC1CCC2(C)C(CCC3C2CCC2(C)C3CC[C@@H]2C(=O)c2cccc(Cl)c2)C1. The van der Waals surface area contributed by atoms with Crippen molar-refractivity contribution < 1.29 is 4.79 Å². The molecule has 0 N–H and O–H groups in total. The summed E-state index contributed by atoms with van der Waals surface area (Å²) in [6.45, 7) is 7.57. The van der Waals surface area contributed by atoms with Gasteiger partial charge in [0, 0.05) is 16.5 Å². The molecule has 8 atom stereocenters. The molecule has 0 heterocycles. The van der Waals surface area contributed by atoms with Crippen LogP contribution in [0.2, 0.25) is 5.02 Å². The van der Waals surface area contributed by atoms with Gasteiger partial charge in [-0.15, -0.1) is 0 Å². The molecule has 4 fully saturated rings. The van der Waals surface area contributed by atoms with Crippen LogP contribution in [0.25, 0.3) is 0 Å². The fourth-order valence-corrected chi connectivity index (χ4v) is 8.94.